The van der Waals surface area contributed by atoms with Crippen LogP contribution >= 0.6 is 0 Å². The molecule has 214 valence electrons. The highest BCUT2D eigenvalue weighted by Crippen LogP contribution is 2.20. The van der Waals surface area contributed by atoms with E-state index in [0.29, 0.717) is 0 Å². The van der Waals surface area contributed by atoms with Crippen molar-refractivity contribution >= 4 is 5.97 Å². The molecule has 36 heavy (non-hydrogen) atoms. The molecule has 0 heterocycles. The van der Waals surface area contributed by atoms with E-state index >= 15 is 0 Å². The van der Waals surface area contributed by atoms with Crippen LogP contribution in [0.1, 0.15) is 194 Å². The quantitative estimate of drug-likeness (QED) is 0.0776. The van der Waals surface area contributed by atoms with E-state index in [2.05, 4.69) is 26.0 Å². The molecular formula is C34H66O2. The minimum absolute atomic E-state index is 0.112. The molecule has 0 aliphatic carbocycles. The van der Waals surface area contributed by atoms with E-state index in [0.717, 1.165) is 25.7 Å². The summed E-state index contributed by atoms with van der Waals surface area (Å²) in [7, 11) is 0. The highest BCUT2D eigenvalue weighted by Gasteiger charge is 2.16. The molecule has 1 N–H and O–H groups in total. The zero-order chi connectivity index (χ0) is 26.4. The Kier molecular flexibility index (Phi) is 29.8. The van der Waals surface area contributed by atoms with Crippen molar-refractivity contribution in [1.82, 2.24) is 0 Å². The SMILES string of the molecule is CCCCCCCC/C=C\CCCCCCC(CCCCCCCCCCCCCCCC)C(=O)O. The number of aliphatic carboxylic acids is 1. The lowest BCUT2D eigenvalue weighted by molar-refractivity contribution is -0.142. The zero-order valence-electron chi connectivity index (χ0n) is 24.9. The Labute approximate surface area is 227 Å². The van der Waals surface area contributed by atoms with E-state index in [4.69, 9.17) is 0 Å². The summed E-state index contributed by atoms with van der Waals surface area (Å²) in [6.45, 7) is 4.55. The number of unbranched alkanes of at least 4 members (excludes halogenated alkanes) is 23. The van der Waals surface area contributed by atoms with Crippen LogP contribution in [0.3, 0.4) is 0 Å². The monoisotopic (exact) mass is 507 g/mol. The average molecular weight is 507 g/mol. The van der Waals surface area contributed by atoms with E-state index in [1.54, 1.807) is 0 Å². The second-order valence-corrected chi connectivity index (χ2v) is 11.4. The van der Waals surface area contributed by atoms with Crippen LogP contribution in [-0.4, -0.2) is 11.1 Å². The zero-order valence-corrected chi connectivity index (χ0v) is 24.9. The Morgan fingerprint density at radius 2 is 0.750 bits per heavy atom. The first kappa shape index (κ1) is 35.2. The molecule has 0 saturated carbocycles. The van der Waals surface area contributed by atoms with Gasteiger partial charge in [-0.2, -0.15) is 0 Å². The number of carboxylic acids is 1. The topological polar surface area (TPSA) is 37.3 Å². The minimum Gasteiger partial charge on any atom is -0.481 e. The van der Waals surface area contributed by atoms with Crippen molar-refractivity contribution in [2.75, 3.05) is 0 Å². The van der Waals surface area contributed by atoms with Crippen molar-refractivity contribution in [3.63, 3.8) is 0 Å². The summed E-state index contributed by atoms with van der Waals surface area (Å²) in [5.74, 6) is -0.679. The molecule has 0 fully saturated rings. The number of carboxylic acid groups (broad SMARTS) is 1. The van der Waals surface area contributed by atoms with Gasteiger partial charge in [-0.3, -0.25) is 4.79 Å². The Bertz CT molecular complexity index is 456. The maximum Gasteiger partial charge on any atom is 0.306 e. The van der Waals surface area contributed by atoms with Crippen LogP contribution in [0, 0.1) is 5.92 Å². The molecule has 0 aromatic carbocycles. The van der Waals surface area contributed by atoms with Crippen molar-refractivity contribution in [2.24, 2.45) is 5.92 Å². The Morgan fingerprint density at radius 3 is 1.06 bits per heavy atom. The molecular weight excluding hydrogens is 440 g/mol. The predicted octanol–water partition coefficient (Wildman–Crippen LogP) is 12.2. The summed E-state index contributed by atoms with van der Waals surface area (Å²) >= 11 is 0. The van der Waals surface area contributed by atoms with Gasteiger partial charge in [0.2, 0.25) is 0 Å². The number of allylic oxidation sites excluding steroid dienone is 2. The molecule has 2 heteroatoms. The highest BCUT2D eigenvalue weighted by molar-refractivity contribution is 5.69. The summed E-state index contributed by atoms with van der Waals surface area (Å²) < 4.78 is 0. The van der Waals surface area contributed by atoms with Crippen LogP contribution in [0.15, 0.2) is 12.2 Å². The second kappa shape index (κ2) is 30.4. The van der Waals surface area contributed by atoms with Crippen molar-refractivity contribution in [1.29, 1.82) is 0 Å². The summed E-state index contributed by atoms with van der Waals surface area (Å²) in [4.78, 5) is 11.6. The number of rotatable bonds is 30. The molecule has 1 atom stereocenters. The predicted molar refractivity (Wildman–Crippen MR) is 161 cm³/mol. The minimum atomic E-state index is -0.567. The fourth-order valence-electron chi connectivity index (χ4n) is 5.26. The van der Waals surface area contributed by atoms with E-state index in [9.17, 15) is 9.90 Å². The van der Waals surface area contributed by atoms with Crippen LogP contribution in [0.5, 0.6) is 0 Å². The van der Waals surface area contributed by atoms with Crippen molar-refractivity contribution in [2.45, 2.75) is 194 Å². The van der Waals surface area contributed by atoms with Gasteiger partial charge < -0.3 is 5.11 Å². The van der Waals surface area contributed by atoms with Gasteiger partial charge in [0.1, 0.15) is 0 Å². The lowest BCUT2D eigenvalue weighted by Gasteiger charge is -2.12. The van der Waals surface area contributed by atoms with Crippen LogP contribution in [-0.2, 0) is 4.79 Å². The van der Waals surface area contributed by atoms with Crippen LogP contribution in [0.25, 0.3) is 0 Å². The highest BCUT2D eigenvalue weighted by atomic mass is 16.4. The molecule has 1 unspecified atom stereocenters. The summed E-state index contributed by atoms with van der Waals surface area (Å²) in [6.07, 6.45) is 40.9. The van der Waals surface area contributed by atoms with E-state index in [-0.39, 0.29) is 5.92 Å². The molecule has 0 spiro atoms. The molecule has 0 aliphatic rings. The largest absolute Gasteiger partial charge is 0.481 e. The summed E-state index contributed by atoms with van der Waals surface area (Å²) in [6, 6.07) is 0. The summed E-state index contributed by atoms with van der Waals surface area (Å²) in [5.41, 5.74) is 0. The normalized spacial score (nSPS) is 12.5. The van der Waals surface area contributed by atoms with Crippen LogP contribution < -0.4 is 0 Å². The number of hydrogen-bond donors (Lipinski definition) is 1. The third-order valence-electron chi connectivity index (χ3n) is 7.82. The first-order valence-corrected chi connectivity index (χ1v) is 16.6. The summed E-state index contributed by atoms with van der Waals surface area (Å²) in [5, 5.41) is 9.57. The molecule has 0 aromatic rings. The van der Waals surface area contributed by atoms with E-state index in [1.807, 2.05) is 0 Å². The van der Waals surface area contributed by atoms with Gasteiger partial charge in [-0.25, -0.2) is 0 Å². The first-order chi connectivity index (χ1) is 17.7. The first-order valence-electron chi connectivity index (χ1n) is 16.6. The lowest BCUT2D eigenvalue weighted by Crippen LogP contribution is -2.13. The van der Waals surface area contributed by atoms with Crippen molar-refractivity contribution < 1.29 is 9.90 Å². The molecule has 0 saturated heterocycles. The Hall–Kier alpha value is -0.790. The second-order valence-electron chi connectivity index (χ2n) is 11.4. The lowest BCUT2D eigenvalue weighted by atomic mass is 9.94. The van der Waals surface area contributed by atoms with Gasteiger partial charge in [0, 0.05) is 0 Å². The molecule has 0 aromatic heterocycles. The maximum atomic E-state index is 11.6. The van der Waals surface area contributed by atoms with Gasteiger partial charge >= 0.3 is 5.97 Å². The molecule has 0 bridgehead atoms. The van der Waals surface area contributed by atoms with Gasteiger partial charge in [0.25, 0.3) is 0 Å². The van der Waals surface area contributed by atoms with Gasteiger partial charge in [-0.1, -0.05) is 167 Å². The van der Waals surface area contributed by atoms with Gasteiger partial charge in [0.05, 0.1) is 5.92 Å². The fourth-order valence-corrected chi connectivity index (χ4v) is 5.26. The number of carbonyl (C=O) groups is 1. The van der Waals surface area contributed by atoms with Crippen LogP contribution in [0.4, 0.5) is 0 Å². The average Bonchev–Trinajstić information content (AvgIpc) is 2.87. The smallest absolute Gasteiger partial charge is 0.306 e. The molecule has 0 amide bonds. The fraction of sp³-hybridized carbons (Fsp3) is 0.912. The van der Waals surface area contributed by atoms with Crippen LogP contribution in [0.2, 0.25) is 0 Å². The van der Waals surface area contributed by atoms with Gasteiger partial charge in [0.15, 0.2) is 0 Å². The molecule has 0 radical (unpaired) electrons. The number of hydrogen-bond acceptors (Lipinski definition) is 1. The van der Waals surface area contributed by atoms with E-state index in [1.165, 1.54) is 154 Å². The third-order valence-corrected chi connectivity index (χ3v) is 7.82. The van der Waals surface area contributed by atoms with Crippen molar-refractivity contribution in [3.8, 4) is 0 Å². The van der Waals surface area contributed by atoms with Gasteiger partial charge in [-0.05, 0) is 38.5 Å². The Balaban J connectivity index is 3.45. The third kappa shape index (κ3) is 27.8. The van der Waals surface area contributed by atoms with Crippen molar-refractivity contribution in [3.05, 3.63) is 12.2 Å². The molecule has 0 rings (SSSR count). The van der Waals surface area contributed by atoms with Gasteiger partial charge in [-0.15, -0.1) is 0 Å². The molecule has 2 nitrogen and oxygen atoms in total. The van der Waals surface area contributed by atoms with E-state index < -0.39 is 5.97 Å². The maximum absolute atomic E-state index is 11.6. The molecule has 0 aliphatic heterocycles. The standard InChI is InChI=1S/C34H66O2/c1-3-5-7-9-11-13-15-17-19-21-23-25-27-29-31-33(34(35)36)32-30-28-26-24-22-20-18-16-14-12-10-8-6-4-2/h17,19,33H,3-16,18,20-32H2,1-2H3,(H,35,36)/b19-17-. The Morgan fingerprint density at radius 1 is 0.472 bits per heavy atom.